The monoisotopic (exact) mass is 333 g/mol. The Kier molecular flexibility index (Phi) is 4.87. The Balaban J connectivity index is 2.21. The number of pyridine rings is 1. The predicted octanol–water partition coefficient (Wildman–Crippen LogP) is 2.91. The predicted molar refractivity (Wildman–Crippen MR) is 83.8 cm³/mol. The number of carbonyl (C=O) groups excluding carboxylic acids is 1. The maximum absolute atomic E-state index is 12.3. The highest BCUT2D eigenvalue weighted by molar-refractivity contribution is 9.10. The summed E-state index contributed by atoms with van der Waals surface area (Å²) < 4.78 is 0.916. The van der Waals surface area contributed by atoms with Crippen molar-refractivity contribution in [2.45, 2.75) is 13.3 Å². The van der Waals surface area contributed by atoms with Gasteiger partial charge in [0.15, 0.2) is 0 Å². The molecule has 0 bridgehead atoms. The summed E-state index contributed by atoms with van der Waals surface area (Å²) in [6, 6.07) is 11.1. The minimum absolute atomic E-state index is 0.164. The fourth-order valence-electron chi connectivity index (χ4n) is 1.91. The van der Waals surface area contributed by atoms with Crippen LogP contribution in [0.15, 0.2) is 40.9 Å². The van der Waals surface area contributed by atoms with Crippen LogP contribution in [0.5, 0.6) is 0 Å². The Morgan fingerprint density at radius 2 is 2.05 bits per heavy atom. The van der Waals surface area contributed by atoms with Crippen LogP contribution in [0.2, 0.25) is 0 Å². The molecule has 5 heteroatoms. The first-order valence-corrected chi connectivity index (χ1v) is 7.13. The molecule has 4 nitrogen and oxygen atoms in total. The van der Waals surface area contributed by atoms with Gasteiger partial charge in [-0.3, -0.25) is 4.79 Å². The number of nitrogens with one attached hydrogen (secondary N) is 1. The van der Waals surface area contributed by atoms with Gasteiger partial charge in [-0.25, -0.2) is 4.98 Å². The van der Waals surface area contributed by atoms with Crippen LogP contribution in [-0.2, 0) is 6.42 Å². The lowest BCUT2D eigenvalue weighted by Crippen LogP contribution is -2.16. The number of anilines is 1. The number of hydrogen-bond acceptors (Lipinski definition) is 3. The number of rotatable bonds is 4. The molecule has 1 heterocycles. The fourth-order valence-corrected chi connectivity index (χ4v) is 2.13. The molecule has 104 valence electrons. The molecule has 0 radical (unpaired) electrons. The summed E-state index contributed by atoms with van der Waals surface area (Å²) in [4.78, 5) is 16.6. The first kappa shape index (κ1) is 14.7. The zero-order chi connectivity index (χ0) is 14.5. The first-order chi connectivity index (χ1) is 9.61. The fraction of sp³-hybridized carbons (Fsp3) is 0.200. The van der Waals surface area contributed by atoms with Crippen LogP contribution in [-0.4, -0.2) is 17.4 Å². The van der Waals surface area contributed by atoms with Gasteiger partial charge in [0.25, 0.3) is 5.91 Å². The van der Waals surface area contributed by atoms with E-state index in [0.29, 0.717) is 24.3 Å². The average molecular weight is 334 g/mol. The molecule has 20 heavy (non-hydrogen) atoms. The Morgan fingerprint density at radius 3 is 2.75 bits per heavy atom. The maximum Gasteiger partial charge on any atom is 0.257 e. The van der Waals surface area contributed by atoms with E-state index < -0.39 is 0 Å². The van der Waals surface area contributed by atoms with Crippen LogP contribution in [0.3, 0.4) is 0 Å². The van der Waals surface area contributed by atoms with E-state index in [1.165, 1.54) is 0 Å². The van der Waals surface area contributed by atoms with Crippen molar-refractivity contribution >= 4 is 27.7 Å². The van der Waals surface area contributed by atoms with Gasteiger partial charge >= 0.3 is 0 Å². The van der Waals surface area contributed by atoms with Crippen molar-refractivity contribution in [3.63, 3.8) is 0 Å². The van der Waals surface area contributed by atoms with E-state index in [1.54, 1.807) is 12.1 Å². The van der Waals surface area contributed by atoms with Crippen molar-refractivity contribution in [3.05, 3.63) is 57.7 Å². The lowest BCUT2D eigenvalue weighted by molar-refractivity contribution is 0.102. The van der Waals surface area contributed by atoms with Crippen LogP contribution in [0.1, 0.15) is 21.6 Å². The largest absolute Gasteiger partial charge is 0.330 e. The lowest BCUT2D eigenvalue weighted by atomic mass is 10.0. The summed E-state index contributed by atoms with van der Waals surface area (Å²) in [6.45, 7) is 2.39. The molecule has 1 aromatic heterocycles. The molecule has 0 unspecified atom stereocenters. The minimum Gasteiger partial charge on any atom is -0.330 e. The number of carbonyl (C=O) groups is 1. The molecule has 3 N–H and O–H groups in total. The molecule has 0 aliphatic carbocycles. The van der Waals surface area contributed by atoms with Crippen LogP contribution in [0.25, 0.3) is 0 Å². The van der Waals surface area contributed by atoms with Crippen molar-refractivity contribution in [2.75, 3.05) is 11.9 Å². The van der Waals surface area contributed by atoms with Gasteiger partial charge in [-0.15, -0.1) is 0 Å². The molecule has 0 fully saturated rings. The molecule has 1 aromatic carbocycles. The number of benzene rings is 1. The molecule has 0 saturated heterocycles. The summed E-state index contributed by atoms with van der Waals surface area (Å²) in [6.07, 6.45) is 0.677. The van der Waals surface area contributed by atoms with E-state index in [4.69, 9.17) is 5.73 Å². The second-order valence-corrected chi connectivity index (χ2v) is 5.27. The maximum atomic E-state index is 12.3. The van der Waals surface area contributed by atoms with E-state index in [1.807, 2.05) is 31.2 Å². The highest BCUT2D eigenvalue weighted by Gasteiger charge is 2.11. The molecule has 2 rings (SSSR count). The molecule has 0 spiro atoms. The van der Waals surface area contributed by atoms with E-state index in [9.17, 15) is 4.79 Å². The number of amides is 1. The lowest BCUT2D eigenvalue weighted by Gasteiger charge is -2.09. The molecule has 0 aliphatic rings. The van der Waals surface area contributed by atoms with Gasteiger partial charge < -0.3 is 11.1 Å². The van der Waals surface area contributed by atoms with Gasteiger partial charge in [-0.05, 0) is 59.6 Å². The number of nitrogens with zero attached hydrogens (tertiary/aromatic N) is 1. The van der Waals surface area contributed by atoms with Gasteiger partial charge in [0.05, 0.1) is 5.69 Å². The third-order valence-electron chi connectivity index (χ3n) is 2.94. The second-order valence-electron chi connectivity index (χ2n) is 4.41. The Morgan fingerprint density at radius 1 is 1.30 bits per heavy atom. The first-order valence-electron chi connectivity index (χ1n) is 6.34. The summed E-state index contributed by atoms with van der Waals surface area (Å²) in [5.74, 6) is 0.376. The topological polar surface area (TPSA) is 68.0 Å². The molecular weight excluding hydrogens is 318 g/mol. The normalized spacial score (nSPS) is 10.3. The number of nitrogens with two attached hydrogens (primary N) is 1. The van der Waals surface area contributed by atoms with Gasteiger partial charge in [0.2, 0.25) is 0 Å². The average Bonchev–Trinajstić information content (AvgIpc) is 2.44. The molecule has 0 atom stereocenters. The summed E-state index contributed by atoms with van der Waals surface area (Å²) in [5, 5.41) is 2.81. The van der Waals surface area contributed by atoms with Crippen molar-refractivity contribution in [3.8, 4) is 0 Å². The molecule has 0 aliphatic heterocycles. The molecule has 2 aromatic rings. The van der Waals surface area contributed by atoms with E-state index >= 15 is 0 Å². The Labute approximate surface area is 126 Å². The van der Waals surface area contributed by atoms with Crippen LogP contribution >= 0.6 is 15.9 Å². The van der Waals surface area contributed by atoms with Crippen molar-refractivity contribution < 1.29 is 4.79 Å². The summed E-state index contributed by atoms with van der Waals surface area (Å²) in [5.41, 5.74) is 7.99. The van der Waals surface area contributed by atoms with Crippen molar-refractivity contribution in [1.29, 1.82) is 0 Å². The van der Waals surface area contributed by atoms with Crippen LogP contribution < -0.4 is 11.1 Å². The quantitative estimate of drug-likeness (QED) is 0.903. The Hall–Kier alpha value is -1.72. The zero-order valence-electron chi connectivity index (χ0n) is 11.2. The highest BCUT2D eigenvalue weighted by atomic mass is 79.9. The minimum atomic E-state index is -0.164. The van der Waals surface area contributed by atoms with Gasteiger partial charge in [-0.2, -0.15) is 0 Å². The second kappa shape index (κ2) is 6.63. The van der Waals surface area contributed by atoms with Gasteiger partial charge in [0, 0.05) is 10.0 Å². The van der Waals surface area contributed by atoms with Crippen LogP contribution in [0.4, 0.5) is 5.82 Å². The SMILES string of the molecule is Cc1nc(NC(=O)c2ccccc2CCN)ccc1Br. The van der Waals surface area contributed by atoms with Crippen molar-refractivity contribution in [1.82, 2.24) is 4.98 Å². The highest BCUT2D eigenvalue weighted by Crippen LogP contribution is 2.17. The van der Waals surface area contributed by atoms with Crippen LogP contribution in [0, 0.1) is 6.92 Å². The number of hydrogen-bond donors (Lipinski definition) is 2. The number of aromatic nitrogens is 1. The van der Waals surface area contributed by atoms with E-state index in [0.717, 1.165) is 15.7 Å². The number of halogens is 1. The third kappa shape index (κ3) is 3.43. The third-order valence-corrected chi connectivity index (χ3v) is 3.78. The van der Waals surface area contributed by atoms with Gasteiger partial charge in [-0.1, -0.05) is 18.2 Å². The van der Waals surface area contributed by atoms with Gasteiger partial charge in [0.1, 0.15) is 5.82 Å². The Bertz CT molecular complexity index is 628. The molecule has 0 saturated carbocycles. The molecule has 1 amide bonds. The standard InChI is InChI=1S/C15H16BrN3O/c1-10-13(16)6-7-14(18-10)19-15(20)12-5-3-2-4-11(12)8-9-17/h2-7H,8-9,17H2,1H3,(H,18,19,20). The molecular formula is C15H16BrN3O. The van der Waals surface area contributed by atoms with E-state index in [2.05, 4.69) is 26.2 Å². The summed E-state index contributed by atoms with van der Waals surface area (Å²) in [7, 11) is 0. The summed E-state index contributed by atoms with van der Waals surface area (Å²) >= 11 is 3.38. The van der Waals surface area contributed by atoms with E-state index in [-0.39, 0.29) is 5.91 Å². The van der Waals surface area contributed by atoms with Crippen molar-refractivity contribution in [2.24, 2.45) is 5.73 Å². The number of aryl methyl sites for hydroxylation is 1. The zero-order valence-corrected chi connectivity index (χ0v) is 12.8. The smallest absolute Gasteiger partial charge is 0.257 e.